The number of anilines is 1. The van der Waals surface area contributed by atoms with Crippen LogP contribution in [-0.4, -0.2) is 10.9 Å². The minimum atomic E-state index is 0.690. The van der Waals surface area contributed by atoms with Crippen LogP contribution >= 0.6 is 0 Å². The lowest BCUT2D eigenvalue weighted by Crippen LogP contribution is -2.27. The monoisotopic (exact) mass is 232 g/mol. The Morgan fingerprint density at radius 3 is 2.76 bits per heavy atom. The summed E-state index contributed by atoms with van der Waals surface area (Å²) >= 11 is 0. The van der Waals surface area contributed by atoms with Crippen molar-refractivity contribution in [1.29, 1.82) is 0 Å². The van der Waals surface area contributed by atoms with Crippen molar-refractivity contribution in [3.8, 4) is 0 Å². The molecule has 0 saturated heterocycles. The summed E-state index contributed by atoms with van der Waals surface area (Å²) in [6.07, 6.45) is 5.34. The number of unbranched alkanes of at least 4 members (excludes halogenated alkanes) is 2. The van der Waals surface area contributed by atoms with Gasteiger partial charge < -0.3 is 5.73 Å². The number of nitrogens with two attached hydrogens (primary N) is 1. The Kier molecular flexibility index (Phi) is 4.06. The number of hydrogen-bond acceptors (Lipinski definition) is 2. The number of hydrogen-bond donors (Lipinski definition) is 1. The summed E-state index contributed by atoms with van der Waals surface area (Å²) in [4.78, 5) is 2.57. The van der Waals surface area contributed by atoms with E-state index in [4.69, 9.17) is 5.73 Å². The highest BCUT2D eigenvalue weighted by atomic mass is 15.2. The number of rotatable bonds is 5. The van der Waals surface area contributed by atoms with Gasteiger partial charge >= 0.3 is 0 Å². The van der Waals surface area contributed by atoms with Gasteiger partial charge in [-0.3, -0.25) is 4.90 Å². The van der Waals surface area contributed by atoms with E-state index in [1.54, 1.807) is 0 Å². The summed E-state index contributed by atoms with van der Waals surface area (Å²) in [5, 5.41) is 0. The van der Waals surface area contributed by atoms with E-state index in [9.17, 15) is 0 Å². The Morgan fingerprint density at radius 2 is 2.00 bits per heavy atom. The van der Waals surface area contributed by atoms with Crippen LogP contribution in [0, 0.1) is 0 Å². The maximum absolute atomic E-state index is 5.83. The molecule has 0 aromatic heterocycles. The molecule has 2 rings (SSSR count). The molecule has 0 aliphatic carbocycles. The Labute approximate surface area is 105 Å². The summed E-state index contributed by atoms with van der Waals surface area (Å²) in [5.74, 6) is 0. The van der Waals surface area contributed by atoms with Crippen LogP contribution < -0.4 is 5.73 Å². The summed E-state index contributed by atoms with van der Waals surface area (Å²) in [7, 11) is 0. The van der Waals surface area contributed by atoms with E-state index in [2.05, 4.69) is 30.9 Å². The van der Waals surface area contributed by atoms with E-state index in [1.807, 2.05) is 6.07 Å². The molecule has 1 aromatic carbocycles. The van der Waals surface area contributed by atoms with Crippen molar-refractivity contribution in [3.05, 3.63) is 29.3 Å². The molecule has 0 spiro atoms. The topological polar surface area (TPSA) is 29.3 Å². The molecule has 2 N–H and O–H groups in total. The number of nitrogens with zero attached hydrogens (tertiary/aromatic N) is 1. The SMILES string of the molecule is CCCCCC(C)N1Cc2ccc(N)cc2C1. The average molecular weight is 232 g/mol. The van der Waals surface area contributed by atoms with E-state index in [-0.39, 0.29) is 0 Å². The van der Waals surface area contributed by atoms with Crippen LogP contribution in [-0.2, 0) is 13.1 Å². The minimum Gasteiger partial charge on any atom is -0.399 e. The molecule has 1 atom stereocenters. The zero-order valence-electron chi connectivity index (χ0n) is 11.1. The normalized spacial score (nSPS) is 17.1. The molecule has 17 heavy (non-hydrogen) atoms. The molecule has 1 unspecified atom stereocenters. The molecule has 1 aliphatic heterocycles. The maximum atomic E-state index is 5.83. The number of fused-ring (bicyclic) bond motifs is 1. The van der Waals surface area contributed by atoms with Crippen LogP contribution in [0.25, 0.3) is 0 Å². The molecule has 1 heterocycles. The van der Waals surface area contributed by atoms with Gasteiger partial charge in [0.25, 0.3) is 0 Å². The van der Waals surface area contributed by atoms with Gasteiger partial charge in [-0.1, -0.05) is 32.3 Å². The fourth-order valence-corrected chi connectivity index (χ4v) is 2.62. The molecular weight excluding hydrogens is 208 g/mol. The smallest absolute Gasteiger partial charge is 0.0317 e. The Balaban J connectivity index is 1.90. The molecule has 0 radical (unpaired) electrons. The zero-order valence-corrected chi connectivity index (χ0v) is 11.1. The second-order valence-corrected chi connectivity index (χ2v) is 5.28. The van der Waals surface area contributed by atoms with Crippen LogP contribution in [0.15, 0.2) is 18.2 Å². The highest BCUT2D eigenvalue weighted by Gasteiger charge is 2.22. The average Bonchev–Trinajstić information content (AvgIpc) is 2.72. The van der Waals surface area contributed by atoms with Crippen molar-refractivity contribution in [3.63, 3.8) is 0 Å². The molecular formula is C15H24N2. The molecule has 2 nitrogen and oxygen atoms in total. The third-order valence-corrected chi connectivity index (χ3v) is 3.83. The number of benzene rings is 1. The third kappa shape index (κ3) is 3.01. The highest BCUT2D eigenvalue weighted by molar-refractivity contribution is 5.46. The lowest BCUT2D eigenvalue weighted by molar-refractivity contribution is 0.199. The Morgan fingerprint density at radius 1 is 1.24 bits per heavy atom. The maximum Gasteiger partial charge on any atom is 0.0317 e. The third-order valence-electron chi connectivity index (χ3n) is 3.83. The van der Waals surface area contributed by atoms with E-state index in [1.165, 1.54) is 36.8 Å². The fraction of sp³-hybridized carbons (Fsp3) is 0.600. The lowest BCUT2D eigenvalue weighted by Gasteiger charge is -2.23. The minimum absolute atomic E-state index is 0.690. The van der Waals surface area contributed by atoms with Crippen LogP contribution in [0.1, 0.15) is 50.7 Å². The van der Waals surface area contributed by atoms with Crippen molar-refractivity contribution in [2.45, 2.75) is 58.7 Å². The van der Waals surface area contributed by atoms with Gasteiger partial charge in [-0.05, 0) is 36.6 Å². The second-order valence-electron chi connectivity index (χ2n) is 5.28. The van der Waals surface area contributed by atoms with Gasteiger partial charge in [0.2, 0.25) is 0 Å². The van der Waals surface area contributed by atoms with Gasteiger partial charge in [-0.25, -0.2) is 0 Å². The predicted octanol–water partition coefficient (Wildman–Crippen LogP) is 3.55. The van der Waals surface area contributed by atoms with Crippen molar-refractivity contribution < 1.29 is 0 Å². The molecule has 0 bridgehead atoms. The number of nitrogen functional groups attached to an aromatic ring is 1. The fourth-order valence-electron chi connectivity index (χ4n) is 2.62. The van der Waals surface area contributed by atoms with E-state index in [0.29, 0.717) is 6.04 Å². The van der Waals surface area contributed by atoms with Crippen molar-refractivity contribution in [2.75, 3.05) is 5.73 Å². The molecule has 0 fully saturated rings. The van der Waals surface area contributed by atoms with Crippen molar-refractivity contribution >= 4 is 5.69 Å². The molecule has 1 aliphatic rings. The molecule has 94 valence electrons. The summed E-state index contributed by atoms with van der Waals surface area (Å²) in [5.41, 5.74) is 9.61. The van der Waals surface area contributed by atoms with Crippen LogP contribution in [0.5, 0.6) is 0 Å². The molecule has 2 heteroatoms. The van der Waals surface area contributed by atoms with Crippen LogP contribution in [0.2, 0.25) is 0 Å². The van der Waals surface area contributed by atoms with E-state index < -0.39 is 0 Å². The first-order valence-corrected chi connectivity index (χ1v) is 6.82. The van der Waals surface area contributed by atoms with E-state index >= 15 is 0 Å². The Hall–Kier alpha value is -1.02. The summed E-state index contributed by atoms with van der Waals surface area (Å²) in [6, 6.07) is 7.02. The van der Waals surface area contributed by atoms with Crippen LogP contribution in [0.3, 0.4) is 0 Å². The van der Waals surface area contributed by atoms with Gasteiger partial charge in [0.05, 0.1) is 0 Å². The van der Waals surface area contributed by atoms with Crippen molar-refractivity contribution in [2.24, 2.45) is 0 Å². The van der Waals surface area contributed by atoms with E-state index in [0.717, 1.165) is 18.8 Å². The zero-order chi connectivity index (χ0) is 12.3. The largest absolute Gasteiger partial charge is 0.399 e. The second kappa shape index (κ2) is 5.54. The van der Waals surface area contributed by atoms with Crippen molar-refractivity contribution in [1.82, 2.24) is 4.90 Å². The van der Waals surface area contributed by atoms with Crippen LogP contribution in [0.4, 0.5) is 5.69 Å². The quantitative estimate of drug-likeness (QED) is 0.621. The first-order chi connectivity index (χ1) is 8.20. The predicted molar refractivity (Wildman–Crippen MR) is 73.7 cm³/mol. The standard InChI is InChI=1S/C15H24N2/c1-3-4-5-6-12(2)17-10-13-7-8-15(16)9-14(13)11-17/h7-9,12H,3-6,10-11,16H2,1-2H3. The summed E-state index contributed by atoms with van der Waals surface area (Å²) < 4.78 is 0. The Bertz CT molecular complexity index is 373. The first-order valence-electron chi connectivity index (χ1n) is 6.82. The lowest BCUT2D eigenvalue weighted by atomic mass is 10.1. The van der Waals surface area contributed by atoms with Gasteiger partial charge in [-0.15, -0.1) is 0 Å². The van der Waals surface area contributed by atoms with Gasteiger partial charge in [0, 0.05) is 24.8 Å². The van der Waals surface area contributed by atoms with Gasteiger partial charge in [-0.2, -0.15) is 0 Å². The first kappa shape index (κ1) is 12.4. The van der Waals surface area contributed by atoms with Gasteiger partial charge in [0.15, 0.2) is 0 Å². The molecule has 0 saturated carbocycles. The molecule has 0 amide bonds. The summed E-state index contributed by atoms with van der Waals surface area (Å²) in [6.45, 7) is 6.79. The highest BCUT2D eigenvalue weighted by Crippen LogP contribution is 2.27. The van der Waals surface area contributed by atoms with Gasteiger partial charge in [0.1, 0.15) is 0 Å². The molecule has 1 aromatic rings.